The molecule has 1 heterocycles. The van der Waals surface area contributed by atoms with Crippen molar-refractivity contribution in [3.05, 3.63) is 16.1 Å². The van der Waals surface area contributed by atoms with Crippen LogP contribution in [-0.4, -0.2) is 10.8 Å². The Morgan fingerprint density at radius 3 is 2.19 bits per heavy atom. The third-order valence-electron chi connectivity index (χ3n) is 2.47. The third-order valence-corrected chi connectivity index (χ3v) is 3.32. The molecule has 3 heteroatoms. The SMILES string of the molecule is CC(C)(C)C(=O)Cc1nc(C(C)(C)C)cs1. The highest BCUT2D eigenvalue weighted by Gasteiger charge is 2.23. The van der Waals surface area contributed by atoms with Crippen LogP contribution in [0.3, 0.4) is 0 Å². The highest BCUT2D eigenvalue weighted by atomic mass is 32.1. The molecular weight excluding hydrogens is 218 g/mol. The number of aromatic nitrogens is 1. The van der Waals surface area contributed by atoms with E-state index in [1.165, 1.54) is 0 Å². The quantitative estimate of drug-likeness (QED) is 0.789. The van der Waals surface area contributed by atoms with Gasteiger partial charge in [0.05, 0.1) is 12.1 Å². The molecule has 0 aromatic carbocycles. The lowest BCUT2D eigenvalue weighted by Crippen LogP contribution is -2.22. The predicted octanol–water partition coefficient (Wildman–Crippen LogP) is 3.60. The number of rotatable bonds is 2. The van der Waals surface area contributed by atoms with E-state index < -0.39 is 0 Å². The van der Waals surface area contributed by atoms with E-state index in [2.05, 4.69) is 31.1 Å². The van der Waals surface area contributed by atoms with Gasteiger partial charge in [-0.1, -0.05) is 41.5 Å². The van der Waals surface area contributed by atoms with Crippen molar-refractivity contribution < 1.29 is 4.79 Å². The van der Waals surface area contributed by atoms with Crippen LogP contribution in [0.25, 0.3) is 0 Å². The lowest BCUT2D eigenvalue weighted by atomic mass is 9.89. The van der Waals surface area contributed by atoms with Gasteiger partial charge in [-0.05, 0) is 0 Å². The maximum absolute atomic E-state index is 11.9. The number of Topliss-reactive ketones (excluding diaryl/α,β-unsaturated/α-hetero) is 1. The Labute approximate surface area is 102 Å². The van der Waals surface area contributed by atoms with Gasteiger partial charge in [-0.3, -0.25) is 4.79 Å². The molecular formula is C13H21NOS. The van der Waals surface area contributed by atoms with Gasteiger partial charge in [0, 0.05) is 16.2 Å². The van der Waals surface area contributed by atoms with Gasteiger partial charge in [0.25, 0.3) is 0 Å². The van der Waals surface area contributed by atoms with Gasteiger partial charge in [0.15, 0.2) is 0 Å². The van der Waals surface area contributed by atoms with E-state index in [-0.39, 0.29) is 16.6 Å². The fourth-order valence-electron chi connectivity index (χ4n) is 1.14. The first-order valence-corrected chi connectivity index (χ1v) is 6.47. The fraction of sp³-hybridized carbons (Fsp3) is 0.692. The second kappa shape index (κ2) is 4.28. The Balaban J connectivity index is 2.78. The Morgan fingerprint density at radius 2 is 1.81 bits per heavy atom. The molecule has 0 saturated carbocycles. The maximum atomic E-state index is 11.9. The van der Waals surface area contributed by atoms with Gasteiger partial charge in [0.1, 0.15) is 10.8 Å². The second-order valence-corrected chi connectivity index (χ2v) is 7.17. The molecule has 16 heavy (non-hydrogen) atoms. The standard InChI is InChI=1S/C13H21NOS/c1-12(2,3)9-8-16-11(14-9)7-10(15)13(4,5)6/h8H,7H2,1-6H3. The van der Waals surface area contributed by atoms with Crippen LogP contribution in [-0.2, 0) is 16.6 Å². The van der Waals surface area contributed by atoms with Gasteiger partial charge >= 0.3 is 0 Å². The highest BCUT2D eigenvalue weighted by molar-refractivity contribution is 7.09. The number of nitrogens with zero attached hydrogens (tertiary/aromatic N) is 1. The molecule has 0 unspecified atom stereocenters. The molecule has 1 aromatic rings. The van der Waals surface area contributed by atoms with Crippen LogP contribution in [0.5, 0.6) is 0 Å². The van der Waals surface area contributed by atoms with Crippen molar-refractivity contribution in [3.8, 4) is 0 Å². The summed E-state index contributed by atoms with van der Waals surface area (Å²) in [7, 11) is 0. The normalized spacial score (nSPS) is 12.9. The maximum Gasteiger partial charge on any atom is 0.144 e. The smallest absolute Gasteiger partial charge is 0.144 e. The average Bonchev–Trinajstić information content (AvgIpc) is 2.49. The zero-order chi connectivity index (χ0) is 12.6. The minimum atomic E-state index is -0.270. The van der Waals surface area contributed by atoms with Gasteiger partial charge < -0.3 is 0 Å². The van der Waals surface area contributed by atoms with Crippen molar-refractivity contribution >= 4 is 17.1 Å². The van der Waals surface area contributed by atoms with Crippen molar-refractivity contribution in [2.24, 2.45) is 5.41 Å². The topological polar surface area (TPSA) is 30.0 Å². The summed E-state index contributed by atoms with van der Waals surface area (Å²) in [5.41, 5.74) is 0.877. The predicted molar refractivity (Wildman–Crippen MR) is 69.0 cm³/mol. The first kappa shape index (κ1) is 13.4. The van der Waals surface area contributed by atoms with E-state index >= 15 is 0 Å². The number of hydrogen-bond acceptors (Lipinski definition) is 3. The summed E-state index contributed by atoms with van der Waals surface area (Å²) in [6.07, 6.45) is 0.463. The van der Waals surface area contributed by atoms with Crippen LogP contribution in [0.15, 0.2) is 5.38 Å². The van der Waals surface area contributed by atoms with E-state index in [9.17, 15) is 4.79 Å². The van der Waals surface area contributed by atoms with Crippen LogP contribution in [0, 0.1) is 5.41 Å². The molecule has 90 valence electrons. The third kappa shape index (κ3) is 3.41. The van der Waals surface area contributed by atoms with Crippen molar-refractivity contribution in [2.75, 3.05) is 0 Å². The molecule has 0 aliphatic heterocycles. The molecule has 0 radical (unpaired) electrons. The van der Waals surface area contributed by atoms with Crippen LogP contribution in [0.1, 0.15) is 52.2 Å². The Hall–Kier alpha value is -0.700. The van der Waals surface area contributed by atoms with E-state index in [1.54, 1.807) is 11.3 Å². The lowest BCUT2D eigenvalue weighted by molar-refractivity contribution is -0.125. The molecule has 0 atom stereocenters. The minimum Gasteiger partial charge on any atom is -0.299 e. The Kier molecular flexibility index (Phi) is 3.58. The molecule has 0 N–H and O–H groups in total. The minimum absolute atomic E-state index is 0.0690. The Morgan fingerprint density at radius 1 is 1.25 bits per heavy atom. The number of hydrogen-bond donors (Lipinski definition) is 0. The van der Waals surface area contributed by atoms with Crippen molar-refractivity contribution in [2.45, 2.75) is 53.4 Å². The summed E-state index contributed by atoms with van der Waals surface area (Å²) in [5.74, 6) is 0.252. The molecule has 0 saturated heterocycles. The van der Waals surface area contributed by atoms with Crippen LogP contribution in [0.2, 0.25) is 0 Å². The monoisotopic (exact) mass is 239 g/mol. The summed E-state index contributed by atoms with van der Waals surface area (Å²) in [6.45, 7) is 12.3. The largest absolute Gasteiger partial charge is 0.299 e. The fourth-order valence-corrected chi connectivity index (χ4v) is 2.16. The number of carbonyl (C=O) groups excluding carboxylic acids is 1. The zero-order valence-electron chi connectivity index (χ0n) is 11.0. The Bertz CT molecular complexity index is 379. The van der Waals surface area contributed by atoms with E-state index in [1.807, 2.05) is 20.8 Å². The number of ketones is 1. The van der Waals surface area contributed by atoms with Crippen LogP contribution >= 0.6 is 11.3 Å². The molecule has 0 aliphatic carbocycles. The number of carbonyl (C=O) groups is 1. The van der Waals surface area contributed by atoms with Crippen molar-refractivity contribution in [1.29, 1.82) is 0 Å². The number of thiazole rings is 1. The van der Waals surface area contributed by atoms with E-state index in [0.29, 0.717) is 6.42 Å². The van der Waals surface area contributed by atoms with E-state index in [4.69, 9.17) is 0 Å². The highest BCUT2D eigenvalue weighted by Crippen LogP contribution is 2.25. The summed E-state index contributed by atoms with van der Waals surface area (Å²) < 4.78 is 0. The molecule has 0 spiro atoms. The van der Waals surface area contributed by atoms with Gasteiger partial charge in [-0.2, -0.15) is 0 Å². The average molecular weight is 239 g/mol. The summed E-state index contributed by atoms with van der Waals surface area (Å²) in [5, 5.41) is 3.00. The molecule has 0 aliphatic rings. The molecule has 2 nitrogen and oxygen atoms in total. The van der Waals surface area contributed by atoms with Crippen molar-refractivity contribution in [3.63, 3.8) is 0 Å². The molecule has 1 rings (SSSR count). The summed E-state index contributed by atoms with van der Waals surface area (Å²) in [4.78, 5) is 16.4. The molecule has 0 bridgehead atoms. The van der Waals surface area contributed by atoms with Crippen LogP contribution in [0.4, 0.5) is 0 Å². The molecule has 0 amide bonds. The summed E-state index contributed by atoms with van der Waals surface area (Å²) >= 11 is 1.59. The first-order valence-electron chi connectivity index (χ1n) is 5.59. The van der Waals surface area contributed by atoms with E-state index in [0.717, 1.165) is 10.7 Å². The molecule has 1 aromatic heterocycles. The van der Waals surface area contributed by atoms with Gasteiger partial charge in [-0.15, -0.1) is 11.3 Å². The second-order valence-electron chi connectivity index (χ2n) is 6.23. The summed E-state index contributed by atoms with van der Waals surface area (Å²) in [6, 6.07) is 0. The van der Waals surface area contributed by atoms with Crippen LogP contribution < -0.4 is 0 Å². The zero-order valence-corrected chi connectivity index (χ0v) is 11.9. The first-order chi connectivity index (χ1) is 7.10. The molecule has 0 fully saturated rings. The lowest BCUT2D eigenvalue weighted by Gasteiger charge is -2.16. The van der Waals surface area contributed by atoms with Gasteiger partial charge in [-0.25, -0.2) is 4.98 Å². The van der Waals surface area contributed by atoms with Gasteiger partial charge in [0.2, 0.25) is 0 Å². The van der Waals surface area contributed by atoms with Crippen molar-refractivity contribution in [1.82, 2.24) is 4.98 Å².